The van der Waals surface area contributed by atoms with Crippen LogP contribution in [0.15, 0.2) is 36.4 Å². The summed E-state index contributed by atoms with van der Waals surface area (Å²) in [5.41, 5.74) is 0.540. The standard InChI is InChI=1S/C17H20O6/c1-10(2)15(18)22-12(5)16(19)23-14-8-6-13(7-9-14)17(20)21-11(3)4/h6-9,11-12H,1H2,2-5H3. The van der Waals surface area contributed by atoms with E-state index in [1.54, 1.807) is 13.8 Å². The average Bonchev–Trinajstić information content (AvgIpc) is 2.46. The number of hydrogen-bond acceptors (Lipinski definition) is 6. The Kier molecular flexibility index (Phi) is 6.50. The molecule has 1 unspecified atom stereocenters. The molecule has 1 aromatic rings. The van der Waals surface area contributed by atoms with E-state index in [4.69, 9.17) is 14.2 Å². The third kappa shape index (κ3) is 5.94. The molecule has 0 saturated carbocycles. The molecule has 0 bridgehead atoms. The van der Waals surface area contributed by atoms with Crippen LogP contribution in [0.3, 0.4) is 0 Å². The van der Waals surface area contributed by atoms with Crippen molar-refractivity contribution in [2.24, 2.45) is 0 Å². The second-order valence-electron chi connectivity index (χ2n) is 5.23. The van der Waals surface area contributed by atoms with Gasteiger partial charge in [-0.3, -0.25) is 0 Å². The van der Waals surface area contributed by atoms with E-state index < -0.39 is 24.0 Å². The second-order valence-corrected chi connectivity index (χ2v) is 5.23. The molecule has 0 N–H and O–H groups in total. The maximum absolute atomic E-state index is 11.8. The lowest BCUT2D eigenvalue weighted by molar-refractivity contribution is -0.158. The molecule has 0 aliphatic rings. The number of carbonyl (C=O) groups excluding carboxylic acids is 3. The summed E-state index contributed by atoms with van der Waals surface area (Å²) in [5.74, 6) is -1.62. The summed E-state index contributed by atoms with van der Waals surface area (Å²) in [4.78, 5) is 34.8. The Bertz CT molecular complexity index is 600. The Morgan fingerprint density at radius 3 is 2.04 bits per heavy atom. The van der Waals surface area contributed by atoms with Gasteiger partial charge in [0.2, 0.25) is 0 Å². The Morgan fingerprint density at radius 2 is 1.57 bits per heavy atom. The molecule has 124 valence electrons. The van der Waals surface area contributed by atoms with Crippen molar-refractivity contribution >= 4 is 17.9 Å². The number of esters is 3. The van der Waals surface area contributed by atoms with Crippen LogP contribution in [0.25, 0.3) is 0 Å². The molecule has 0 radical (unpaired) electrons. The fraction of sp³-hybridized carbons (Fsp3) is 0.353. The minimum absolute atomic E-state index is 0.192. The van der Waals surface area contributed by atoms with Gasteiger partial charge in [-0.1, -0.05) is 6.58 Å². The number of hydrogen-bond donors (Lipinski definition) is 0. The fourth-order valence-corrected chi connectivity index (χ4v) is 1.45. The highest BCUT2D eigenvalue weighted by molar-refractivity contribution is 5.90. The highest BCUT2D eigenvalue weighted by atomic mass is 16.6. The van der Waals surface area contributed by atoms with Crippen molar-refractivity contribution in [2.75, 3.05) is 0 Å². The summed E-state index contributed by atoms with van der Waals surface area (Å²) in [6.45, 7) is 9.81. The molecule has 1 rings (SSSR count). The van der Waals surface area contributed by atoms with Gasteiger partial charge < -0.3 is 14.2 Å². The lowest BCUT2D eigenvalue weighted by Gasteiger charge is -2.13. The van der Waals surface area contributed by atoms with E-state index in [9.17, 15) is 14.4 Å². The first-order valence-corrected chi connectivity index (χ1v) is 7.10. The van der Waals surface area contributed by atoms with Crippen molar-refractivity contribution in [1.82, 2.24) is 0 Å². The van der Waals surface area contributed by atoms with Crippen molar-refractivity contribution in [2.45, 2.75) is 39.9 Å². The molecule has 0 aliphatic carbocycles. The molecule has 6 heteroatoms. The van der Waals surface area contributed by atoms with Crippen molar-refractivity contribution in [3.63, 3.8) is 0 Å². The molecule has 6 nitrogen and oxygen atoms in total. The molecular formula is C17H20O6. The molecule has 1 atom stereocenters. The zero-order valence-electron chi connectivity index (χ0n) is 13.6. The van der Waals surface area contributed by atoms with Crippen molar-refractivity contribution in [3.05, 3.63) is 42.0 Å². The summed E-state index contributed by atoms with van der Waals surface area (Å²) in [6.07, 6.45) is -1.28. The van der Waals surface area contributed by atoms with E-state index in [1.165, 1.54) is 38.1 Å². The molecule has 0 spiro atoms. The van der Waals surface area contributed by atoms with E-state index in [-0.39, 0.29) is 17.4 Å². The summed E-state index contributed by atoms with van der Waals surface area (Å²) in [6, 6.07) is 5.89. The van der Waals surface area contributed by atoms with Gasteiger partial charge in [0.1, 0.15) is 5.75 Å². The molecule has 1 aromatic carbocycles. The first-order valence-electron chi connectivity index (χ1n) is 7.10. The Balaban J connectivity index is 2.64. The molecular weight excluding hydrogens is 300 g/mol. The zero-order chi connectivity index (χ0) is 17.6. The molecule has 0 saturated heterocycles. The molecule has 23 heavy (non-hydrogen) atoms. The molecule has 0 aliphatic heterocycles. The largest absolute Gasteiger partial charge is 0.459 e. The van der Waals surface area contributed by atoms with Crippen LogP contribution < -0.4 is 4.74 Å². The first kappa shape index (κ1) is 18.4. The number of benzene rings is 1. The molecule has 0 heterocycles. The van der Waals surface area contributed by atoms with E-state index in [0.717, 1.165) is 0 Å². The predicted molar refractivity (Wildman–Crippen MR) is 83.0 cm³/mol. The highest BCUT2D eigenvalue weighted by Gasteiger charge is 2.20. The van der Waals surface area contributed by atoms with Crippen LogP contribution in [-0.4, -0.2) is 30.1 Å². The highest BCUT2D eigenvalue weighted by Crippen LogP contribution is 2.15. The Hall–Kier alpha value is -2.63. The summed E-state index contributed by atoms with van der Waals surface area (Å²) >= 11 is 0. The number of carbonyl (C=O) groups is 3. The monoisotopic (exact) mass is 320 g/mol. The van der Waals surface area contributed by atoms with Crippen LogP contribution in [0.1, 0.15) is 38.1 Å². The lowest BCUT2D eigenvalue weighted by Crippen LogP contribution is -2.28. The Morgan fingerprint density at radius 1 is 1.00 bits per heavy atom. The van der Waals surface area contributed by atoms with E-state index >= 15 is 0 Å². The fourth-order valence-electron chi connectivity index (χ4n) is 1.45. The maximum Gasteiger partial charge on any atom is 0.352 e. The first-order chi connectivity index (χ1) is 10.7. The molecule has 0 fully saturated rings. The van der Waals surface area contributed by atoms with Crippen LogP contribution in [-0.2, 0) is 19.1 Å². The van der Waals surface area contributed by atoms with Gasteiger partial charge in [-0.15, -0.1) is 0 Å². The second kappa shape index (κ2) is 8.12. The van der Waals surface area contributed by atoms with Crippen LogP contribution in [0.5, 0.6) is 5.75 Å². The van der Waals surface area contributed by atoms with Crippen LogP contribution in [0, 0.1) is 0 Å². The van der Waals surface area contributed by atoms with Crippen molar-refractivity contribution in [3.8, 4) is 5.75 Å². The van der Waals surface area contributed by atoms with Gasteiger partial charge in [-0.05, 0) is 52.0 Å². The van der Waals surface area contributed by atoms with Crippen LogP contribution in [0.4, 0.5) is 0 Å². The minimum atomic E-state index is -1.07. The average molecular weight is 320 g/mol. The third-order valence-corrected chi connectivity index (χ3v) is 2.62. The number of ether oxygens (including phenoxy) is 3. The topological polar surface area (TPSA) is 78.9 Å². The van der Waals surface area contributed by atoms with Gasteiger partial charge in [-0.25, -0.2) is 14.4 Å². The summed E-state index contributed by atoms with van der Waals surface area (Å²) in [7, 11) is 0. The maximum atomic E-state index is 11.8. The van der Waals surface area contributed by atoms with Gasteiger partial charge in [0.15, 0.2) is 6.10 Å². The predicted octanol–water partition coefficient (Wildman–Crippen LogP) is 2.67. The third-order valence-electron chi connectivity index (χ3n) is 2.62. The van der Waals surface area contributed by atoms with Gasteiger partial charge in [0, 0.05) is 5.57 Å². The normalized spacial score (nSPS) is 11.5. The smallest absolute Gasteiger partial charge is 0.352 e. The Labute approximate surface area is 135 Å². The van der Waals surface area contributed by atoms with E-state index in [2.05, 4.69) is 6.58 Å². The number of rotatable bonds is 6. The van der Waals surface area contributed by atoms with Gasteiger partial charge in [0.25, 0.3) is 0 Å². The van der Waals surface area contributed by atoms with Gasteiger partial charge in [-0.2, -0.15) is 0 Å². The molecule has 0 aromatic heterocycles. The quantitative estimate of drug-likeness (QED) is 0.455. The minimum Gasteiger partial charge on any atom is -0.459 e. The summed E-state index contributed by atoms with van der Waals surface area (Å²) < 4.78 is 15.0. The van der Waals surface area contributed by atoms with Gasteiger partial charge in [0.05, 0.1) is 11.7 Å². The lowest BCUT2D eigenvalue weighted by atomic mass is 10.2. The SMILES string of the molecule is C=C(C)C(=O)OC(C)C(=O)Oc1ccc(C(=O)OC(C)C)cc1. The van der Waals surface area contributed by atoms with E-state index in [0.29, 0.717) is 5.56 Å². The van der Waals surface area contributed by atoms with Crippen molar-refractivity contribution in [1.29, 1.82) is 0 Å². The van der Waals surface area contributed by atoms with Crippen molar-refractivity contribution < 1.29 is 28.6 Å². The molecule has 0 amide bonds. The zero-order valence-corrected chi connectivity index (χ0v) is 13.6. The van der Waals surface area contributed by atoms with Crippen LogP contribution >= 0.6 is 0 Å². The van der Waals surface area contributed by atoms with E-state index in [1.807, 2.05) is 0 Å². The van der Waals surface area contributed by atoms with Crippen LogP contribution in [0.2, 0.25) is 0 Å². The van der Waals surface area contributed by atoms with Gasteiger partial charge >= 0.3 is 17.9 Å². The summed E-state index contributed by atoms with van der Waals surface area (Å²) in [5, 5.41) is 0.